The molecule has 170 valence electrons. The van der Waals surface area contributed by atoms with Crippen LogP contribution in [0.25, 0.3) is 11.0 Å². The molecule has 32 heavy (non-hydrogen) atoms. The largest absolute Gasteiger partial charge is 0.356 e. The molecule has 0 aromatic carbocycles. The highest BCUT2D eigenvalue weighted by atomic mass is 32.2. The van der Waals surface area contributed by atoms with Gasteiger partial charge in [-0.15, -0.1) is 0 Å². The van der Waals surface area contributed by atoms with Gasteiger partial charge < -0.3 is 9.88 Å². The van der Waals surface area contributed by atoms with Crippen molar-refractivity contribution in [1.29, 1.82) is 0 Å². The average Bonchev–Trinajstić information content (AvgIpc) is 3.50. The van der Waals surface area contributed by atoms with Crippen LogP contribution in [0.1, 0.15) is 43.7 Å². The molecule has 0 bridgehead atoms. The number of hydrogen-bond donors (Lipinski definition) is 1. The summed E-state index contributed by atoms with van der Waals surface area (Å²) in [5.74, 6) is 1.61. The molecule has 1 atom stereocenters. The molecule has 2 fully saturated rings. The number of rotatable bonds is 6. The number of anilines is 1. The smallest absolute Gasteiger partial charge is 0.214 e. The number of fused-ring (bicyclic) bond motifs is 1. The SMILES string of the molecule is CN(c1ncnc2[nH]ccc12)[C@H]1CC[C@H](CS(=O)(=O)N2CCC(c3ccccn3)C2)CC1. The van der Waals surface area contributed by atoms with Crippen molar-refractivity contribution < 1.29 is 8.42 Å². The molecule has 0 spiro atoms. The van der Waals surface area contributed by atoms with E-state index >= 15 is 0 Å². The fourth-order valence-electron chi connectivity index (χ4n) is 5.25. The molecular weight excluding hydrogens is 424 g/mol. The highest BCUT2D eigenvalue weighted by Crippen LogP contribution is 2.34. The lowest BCUT2D eigenvalue weighted by molar-refractivity contribution is 0.336. The van der Waals surface area contributed by atoms with Crippen LogP contribution in [0, 0.1) is 5.92 Å². The zero-order chi connectivity index (χ0) is 22.1. The fraction of sp³-hybridized carbons (Fsp3) is 0.522. The molecule has 1 aliphatic carbocycles. The Morgan fingerprint density at radius 3 is 2.72 bits per heavy atom. The average molecular weight is 455 g/mol. The van der Waals surface area contributed by atoms with Gasteiger partial charge in [-0.05, 0) is 56.2 Å². The highest BCUT2D eigenvalue weighted by molar-refractivity contribution is 7.89. The van der Waals surface area contributed by atoms with Crippen LogP contribution in [-0.4, -0.2) is 64.6 Å². The van der Waals surface area contributed by atoms with E-state index in [-0.39, 0.29) is 17.6 Å². The Balaban J connectivity index is 1.17. The maximum Gasteiger partial charge on any atom is 0.214 e. The van der Waals surface area contributed by atoms with Gasteiger partial charge in [0.2, 0.25) is 10.0 Å². The molecule has 9 heteroatoms. The first-order valence-electron chi connectivity index (χ1n) is 11.4. The van der Waals surface area contributed by atoms with Gasteiger partial charge >= 0.3 is 0 Å². The van der Waals surface area contributed by atoms with E-state index < -0.39 is 10.0 Å². The van der Waals surface area contributed by atoms with Crippen molar-refractivity contribution in [2.24, 2.45) is 5.92 Å². The van der Waals surface area contributed by atoms with E-state index in [1.165, 1.54) is 0 Å². The zero-order valence-electron chi connectivity index (χ0n) is 18.4. The van der Waals surface area contributed by atoms with Gasteiger partial charge in [-0.3, -0.25) is 4.98 Å². The van der Waals surface area contributed by atoms with Crippen molar-refractivity contribution >= 4 is 26.9 Å². The predicted octanol–water partition coefficient (Wildman–Crippen LogP) is 3.17. The van der Waals surface area contributed by atoms with Crippen molar-refractivity contribution in [2.45, 2.75) is 44.1 Å². The topological polar surface area (TPSA) is 95.1 Å². The maximum absolute atomic E-state index is 13.1. The Morgan fingerprint density at radius 2 is 1.94 bits per heavy atom. The van der Waals surface area contributed by atoms with Gasteiger partial charge in [-0.1, -0.05) is 6.07 Å². The van der Waals surface area contributed by atoms with E-state index in [4.69, 9.17) is 0 Å². The summed E-state index contributed by atoms with van der Waals surface area (Å²) >= 11 is 0. The second-order valence-electron chi connectivity index (χ2n) is 9.10. The quantitative estimate of drug-likeness (QED) is 0.615. The summed E-state index contributed by atoms with van der Waals surface area (Å²) in [6.07, 6.45) is 9.91. The predicted molar refractivity (Wildman–Crippen MR) is 125 cm³/mol. The Kier molecular flexibility index (Phi) is 5.86. The molecule has 1 saturated carbocycles. The molecule has 1 N–H and O–H groups in total. The first-order valence-corrected chi connectivity index (χ1v) is 13.0. The number of hydrogen-bond acceptors (Lipinski definition) is 6. The summed E-state index contributed by atoms with van der Waals surface area (Å²) in [4.78, 5) is 18.6. The second kappa shape index (κ2) is 8.78. The fourth-order valence-corrected chi connectivity index (χ4v) is 7.19. The van der Waals surface area contributed by atoms with Gasteiger partial charge in [0.05, 0.1) is 11.1 Å². The number of pyridine rings is 1. The van der Waals surface area contributed by atoms with E-state index in [1.54, 1.807) is 16.8 Å². The monoisotopic (exact) mass is 454 g/mol. The summed E-state index contributed by atoms with van der Waals surface area (Å²) in [7, 11) is -1.16. The van der Waals surface area contributed by atoms with Gasteiger partial charge in [0, 0.05) is 50.2 Å². The molecule has 2 aliphatic rings. The molecule has 0 radical (unpaired) electrons. The molecule has 3 aromatic heterocycles. The minimum absolute atomic E-state index is 0.202. The van der Waals surface area contributed by atoms with E-state index in [0.29, 0.717) is 19.1 Å². The second-order valence-corrected chi connectivity index (χ2v) is 11.1. The lowest BCUT2D eigenvalue weighted by Gasteiger charge is -2.35. The van der Waals surface area contributed by atoms with E-state index in [0.717, 1.165) is 54.6 Å². The normalized spacial score (nSPS) is 24.7. The molecule has 1 unspecified atom stereocenters. The zero-order valence-corrected chi connectivity index (χ0v) is 19.2. The number of aromatic amines is 1. The van der Waals surface area contributed by atoms with E-state index in [9.17, 15) is 8.42 Å². The third kappa shape index (κ3) is 4.23. The van der Waals surface area contributed by atoms with Crippen molar-refractivity contribution in [2.75, 3.05) is 30.8 Å². The van der Waals surface area contributed by atoms with E-state index in [1.807, 2.05) is 30.5 Å². The summed E-state index contributed by atoms with van der Waals surface area (Å²) in [5.41, 5.74) is 1.84. The van der Waals surface area contributed by atoms with Gasteiger partial charge in [0.1, 0.15) is 17.8 Å². The highest BCUT2D eigenvalue weighted by Gasteiger charge is 2.35. The van der Waals surface area contributed by atoms with Gasteiger partial charge in [0.25, 0.3) is 0 Å². The minimum atomic E-state index is -3.24. The summed E-state index contributed by atoms with van der Waals surface area (Å²) in [6.45, 7) is 1.15. The molecule has 5 rings (SSSR count). The van der Waals surface area contributed by atoms with Crippen molar-refractivity contribution in [3.8, 4) is 0 Å². The molecule has 8 nitrogen and oxygen atoms in total. The third-order valence-corrected chi connectivity index (χ3v) is 9.14. The Bertz CT molecular complexity index is 1160. The van der Waals surface area contributed by atoms with Crippen LogP contribution in [0.4, 0.5) is 5.82 Å². The summed E-state index contributed by atoms with van der Waals surface area (Å²) in [6, 6.07) is 8.23. The van der Waals surface area contributed by atoms with Gasteiger partial charge in [0.15, 0.2) is 0 Å². The van der Waals surface area contributed by atoms with Crippen molar-refractivity contribution in [1.82, 2.24) is 24.2 Å². The maximum atomic E-state index is 13.1. The van der Waals surface area contributed by atoms with Crippen LogP contribution in [-0.2, 0) is 10.0 Å². The molecule has 4 heterocycles. The molecule has 0 amide bonds. The van der Waals surface area contributed by atoms with Crippen molar-refractivity contribution in [3.63, 3.8) is 0 Å². The van der Waals surface area contributed by atoms with Crippen LogP contribution in [0.5, 0.6) is 0 Å². The minimum Gasteiger partial charge on any atom is -0.356 e. The summed E-state index contributed by atoms with van der Waals surface area (Å²) in [5, 5.41) is 1.02. The lowest BCUT2D eigenvalue weighted by atomic mass is 9.86. The Hall–Kier alpha value is -2.52. The molecular formula is C23H30N6O2S. The molecule has 1 saturated heterocycles. The third-order valence-electron chi connectivity index (χ3n) is 7.13. The Morgan fingerprint density at radius 1 is 1.09 bits per heavy atom. The first-order chi connectivity index (χ1) is 15.5. The summed E-state index contributed by atoms with van der Waals surface area (Å²) < 4.78 is 27.9. The Labute approximate surface area is 189 Å². The number of aromatic nitrogens is 4. The number of H-pyrrole nitrogens is 1. The molecule has 1 aliphatic heterocycles. The number of nitrogens with zero attached hydrogens (tertiary/aromatic N) is 5. The number of nitrogens with one attached hydrogen (secondary N) is 1. The van der Waals surface area contributed by atoms with Crippen molar-refractivity contribution in [3.05, 3.63) is 48.7 Å². The van der Waals surface area contributed by atoms with Crippen LogP contribution in [0.2, 0.25) is 0 Å². The first kappa shape index (κ1) is 21.3. The van der Waals surface area contributed by atoms with Crippen LogP contribution in [0.3, 0.4) is 0 Å². The van der Waals surface area contributed by atoms with Gasteiger partial charge in [-0.2, -0.15) is 0 Å². The van der Waals surface area contributed by atoms with Crippen LogP contribution in [0.15, 0.2) is 43.0 Å². The van der Waals surface area contributed by atoms with Crippen LogP contribution >= 0.6 is 0 Å². The lowest BCUT2D eigenvalue weighted by Crippen LogP contribution is -2.39. The molecule has 3 aromatic rings. The number of sulfonamides is 1. The standard InChI is InChI=1S/C23H30N6O2S/c1-28(23-20-9-12-25-22(20)26-16-27-23)19-7-5-17(6-8-19)15-32(30,31)29-13-10-18(14-29)21-4-2-3-11-24-21/h2-4,9,11-12,16-19H,5-8,10,13-15H2,1H3,(H,25,26,27)/t17-,18?,19-. The van der Waals surface area contributed by atoms with E-state index in [2.05, 4.69) is 31.9 Å². The van der Waals surface area contributed by atoms with Gasteiger partial charge in [-0.25, -0.2) is 22.7 Å². The van der Waals surface area contributed by atoms with Crippen LogP contribution < -0.4 is 4.90 Å².